The standard InChI is InChI=1S/C22H23F3N2O2S/c1-3-30-13-21(29,22(23,24)25)20(15-8-10-16(28)11-9-15)27-19-6-4-5-18-17(19)12-7-14(2)26-18/h4-12,20,27-29H,3,13H2,1-2H3. The number of aryl methyl sites for hydroxylation is 1. The molecule has 1 aromatic heterocycles. The van der Waals surface area contributed by atoms with Gasteiger partial charge in [0, 0.05) is 22.5 Å². The third kappa shape index (κ3) is 4.49. The quantitative estimate of drug-likeness (QED) is 0.460. The Morgan fingerprint density at radius 2 is 1.77 bits per heavy atom. The highest BCUT2D eigenvalue weighted by Gasteiger charge is 2.59. The maximum atomic E-state index is 14.1. The first-order valence-electron chi connectivity index (χ1n) is 9.44. The number of hydrogen-bond donors (Lipinski definition) is 3. The lowest BCUT2D eigenvalue weighted by Gasteiger charge is -2.39. The zero-order valence-electron chi connectivity index (χ0n) is 16.6. The number of aliphatic hydroxyl groups is 1. The van der Waals surface area contributed by atoms with Gasteiger partial charge >= 0.3 is 6.18 Å². The predicted molar refractivity (Wildman–Crippen MR) is 115 cm³/mol. The van der Waals surface area contributed by atoms with Crippen molar-refractivity contribution in [1.82, 2.24) is 4.98 Å². The van der Waals surface area contributed by atoms with Gasteiger partial charge in [0.2, 0.25) is 0 Å². The summed E-state index contributed by atoms with van der Waals surface area (Å²) in [6, 6.07) is 12.6. The Labute approximate surface area is 177 Å². The average Bonchev–Trinajstić information content (AvgIpc) is 2.70. The van der Waals surface area contributed by atoms with Gasteiger partial charge in [-0.2, -0.15) is 24.9 Å². The molecule has 0 aliphatic carbocycles. The van der Waals surface area contributed by atoms with Gasteiger partial charge in [0.25, 0.3) is 0 Å². The van der Waals surface area contributed by atoms with E-state index in [0.29, 0.717) is 22.3 Å². The lowest BCUT2D eigenvalue weighted by molar-refractivity contribution is -0.256. The van der Waals surface area contributed by atoms with E-state index in [1.807, 2.05) is 6.92 Å². The lowest BCUT2D eigenvalue weighted by atomic mass is 9.88. The number of fused-ring (bicyclic) bond motifs is 1. The molecule has 0 fully saturated rings. The minimum absolute atomic E-state index is 0.0687. The van der Waals surface area contributed by atoms with Crippen molar-refractivity contribution in [2.45, 2.75) is 31.7 Å². The summed E-state index contributed by atoms with van der Waals surface area (Å²) in [4.78, 5) is 4.43. The molecular weight excluding hydrogens is 413 g/mol. The summed E-state index contributed by atoms with van der Waals surface area (Å²) >= 11 is 1.01. The molecule has 3 N–H and O–H groups in total. The number of nitrogens with one attached hydrogen (secondary N) is 1. The molecular formula is C22H23F3N2O2S. The van der Waals surface area contributed by atoms with E-state index in [-0.39, 0.29) is 11.3 Å². The number of rotatable bonds is 7. The second kappa shape index (κ2) is 8.73. The van der Waals surface area contributed by atoms with E-state index in [4.69, 9.17) is 0 Å². The molecule has 0 amide bonds. The van der Waals surface area contributed by atoms with Crippen LogP contribution in [0, 0.1) is 6.92 Å². The van der Waals surface area contributed by atoms with Gasteiger partial charge in [0.15, 0.2) is 5.60 Å². The summed E-state index contributed by atoms with van der Waals surface area (Å²) in [6.45, 7) is 3.58. The van der Waals surface area contributed by atoms with Crippen LogP contribution >= 0.6 is 11.8 Å². The maximum absolute atomic E-state index is 14.1. The van der Waals surface area contributed by atoms with Crippen LogP contribution < -0.4 is 5.32 Å². The van der Waals surface area contributed by atoms with Crippen LogP contribution in [0.25, 0.3) is 10.9 Å². The molecule has 160 valence electrons. The van der Waals surface area contributed by atoms with E-state index < -0.39 is 23.6 Å². The summed E-state index contributed by atoms with van der Waals surface area (Å²) in [6.07, 6.45) is -4.88. The van der Waals surface area contributed by atoms with Crippen LogP contribution in [0.1, 0.15) is 24.2 Å². The van der Waals surface area contributed by atoms with Crippen molar-refractivity contribution in [3.05, 3.63) is 65.9 Å². The Hall–Kier alpha value is -2.45. The second-order valence-corrected chi connectivity index (χ2v) is 8.33. The van der Waals surface area contributed by atoms with E-state index in [0.717, 1.165) is 17.5 Å². The Kier molecular flexibility index (Phi) is 6.47. The third-order valence-corrected chi connectivity index (χ3v) is 5.94. The van der Waals surface area contributed by atoms with Crippen molar-refractivity contribution >= 4 is 28.4 Å². The highest BCUT2D eigenvalue weighted by atomic mass is 32.2. The second-order valence-electron chi connectivity index (χ2n) is 7.05. The minimum atomic E-state index is -4.88. The summed E-state index contributed by atoms with van der Waals surface area (Å²) in [5, 5.41) is 24.1. The molecule has 0 bridgehead atoms. The normalized spacial score (nSPS) is 15.0. The van der Waals surface area contributed by atoms with Gasteiger partial charge in [0.1, 0.15) is 5.75 Å². The first-order chi connectivity index (χ1) is 14.2. The van der Waals surface area contributed by atoms with Crippen LogP contribution in [-0.2, 0) is 0 Å². The number of aromatic hydroxyl groups is 1. The van der Waals surface area contributed by atoms with Crippen LogP contribution in [0.3, 0.4) is 0 Å². The number of phenolic OH excluding ortho intramolecular Hbond substituents is 1. The number of alkyl halides is 3. The minimum Gasteiger partial charge on any atom is -0.508 e. The number of thioether (sulfide) groups is 1. The molecule has 0 aliphatic heterocycles. The smallest absolute Gasteiger partial charge is 0.420 e. The molecule has 4 nitrogen and oxygen atoms in total. The zero-order chi connectivity index (χ0) is 21.9. The van der Waals surface area contributed by atoms with Crippen LogP contribution in [0.5, 0.6) is 5.75 Å². The third-order valence-electron chi connectivity index (χ3n) is 4.89. The summed E-state index contributed by atoms with van der Waals surface area (Å²) in [7, 11) is 0. The monoisotopic (exact) mass is 436 g/mol. The fourth-order valence-electron chi connectivity index (χ4n) is 3.27. The molecule has 2 atom stereocenters. The highest BCUT2D eigenvalue weighted by Crippen LogP contribution is 2.44. The summed E-state index contributed by atoms with van der Waals surface area (Å²) < 4.78 is 42.4. The van der Waals surface area contributed by atoms with Crippen LogP contribution in [0.2, 0.25) is 0 Å². The largest absolute Gasteiger partial charge is 0.508 e. The van der Waals surface area contributed by atoms with Crippen molar-refractivity contribution in [2.75, 3.05) is 16.8 Å². The van der Waals surface area contributed by atoms with Gasteiger partial charge in [0.05, 0.1) is 11.6 Å². The molecule has 1 heterocycles. The fraction of sp³-hybridized carbons (Fsp3) is 0.318. The number of benzene rings is 2. The number of anilines is 1. The number of phenols is 1. The molecule has 3 aromatic rings. The number of pyridine rings is 1. The van der Waals surface area contributed by atoms with Crippen LogP contribution in [0.4, 0.5) is 18.9 Å². The lowest BCUT2D eigenvalue weighted by Crippen LogP contribution is -2.54. The van der Waals surface area contributed by atoms with Crippen molar-refractivity contribution in [2.24, 2.45) is 0 Å². The average molecular weight is 436 g/mol. The zero-order valence-corrected chi connectivity index (χ0v) is 17.4. The van der Waals surface area contributed by atoms with E-state index in [1.54, 1.807) is 37.3 Å². The SMILES string of the molecule is CCSCC(O)(C(Nc1cccc2nc(C)ccc12)c1ccc(O)cc1)C(F)(F)F. The summed E-state index contributed by atoms with van der Waals surface area (Å²) in [5.41, 5.74) is -0.960. The van der Waals surface area contributed by atoms with E-state index >= 15 is 0 Å². The van der Waals surface area contributed by atoms with Crippen molar-refractivity contribution in [3.63, 3.8) is 0 Å². The Balaban J connectivity index is 2.14. The molecule has 2 aromatic carbocycles. The molecule has 8 heteroatoms. The first-order valence-corrected chi connectivity index (χ1v) is 10.6. The molecule has 0 radical (unpaired) electrons. The number of hydrogen-bond acceptors (Lipinski definition) is 5. The van der Waals surface area contributed by atoms with Crippen LogP contribution in [0.15, 0.2) is 54.6 Å². The maximum Gasteiger partial charge on any atom is 0.420 e. The molecule has 30 heavy (non-hydrogen) atoms. The molecule has 0 saturated heterocycles. The Bertz CT molecular complexity index is 1010. The van der Waals surface area contributed by atoms with Gasteiger partial charge in [-0.3, -0.25) is 4.98 Å². The Morgan fingerprint density at radius 3 is 2.40 bits per heavy atom. The van der Waals surface area contributed by atoms with Gasteiger partial charge in [-0.1, -0.05) is 25.1 Å². The molecule has 0 spiro atoms. The van der Waals surface area contributed by atoms with Crippen molar-refractivity contribution in [1.29, 1.82) is 0 Å². The molecule has 2 unspecified atom stereocenters. The molecule has 0 saturated carbocycles. The van der Waals surface area contributed by atoms with E-state index in [9.17, 15) is 23.4 Å². The first kappa shape index (κ1) is 22.2. The highest BCUT2D eigenvalue weighted by molar-refractivity contribution is 7.99. The van der Waals surface area contributed by atoms with Crippen molar-refractivity contribution in [3.8, 4) is 5.75 Å². The van der Waals surface area contributed by atoms with E-state index in [2.05, 4.69) is 10.3 Å². The van der Waals surface area contributed by atoms with Crippen LogP contribution in [-0.4, -0.2) is 38.5 Å². The summed E-state index contributed by atoms with van der Waals surface area (Å²) in [5.74, 6) is -0.174. The van der Waals surface area contributed by atoms with E-state index in [1.165, 1.54) is 24.3 Å². The topological polar surface area (TPSA) is 65.4 Å². The van der Waals surface area contributed by atoms with Crippen molar-refractivity contribution < 1.29 is 23.4 Å². The number of nitrogens with zero attached hydrogens (tertiary/aromatic N) is 1. The van der Waals surface area contributed by atoms with Gasteiger partial charge in [-0.15, -0.1) is 0 Å². The fourth-order valence-corrected chi connectivity index (χ4v) is 4.12. The molecule has 3 rings (SSSR count). The van der Waals surface area contributed by atoms with Gasteiger partial charge in [-0.25, -0.2) is 0 Å². The predicted octanol–water partition coefficient (Wildman–Crippen LogP) is 5.45. The van der Waals surface area contributed by atoms with Gasteiger partial charge < -0.3 is 15.5 Å². The number of halogens is 3. The Morgan fingerprint density at radius 1 is 1.07 bits per heavy atom. The van der Waals surface area contributed by atoms with Gasteiger partial charge in [-0.05, 0) is 54.6 Å². The molecule has 0 aliphatic rings. The number of aromatic nitrogens is 1.